The monoisotopic (exact) mass is 500 g/mol. The number of benzene rings is 1. The summed E-state index contributed by atoms with van der Waals surface area (Å²) in [6.07, 6.45) is 6.70. The minimum atomic E-state index is -1.50. The highest BCUT2D eigenvalue weighted by Gasteiger charge is 2.25. The van der Waals surface area contributed by atoms with Crippen LogP contribution in [0.2, 0.25) is 0 Å². The number of carbonyl (C=O) groups is 1. The molecule has 4 N–H and O–H groups in total. The van der Waals surface area contributed by atoms with Crippen molar-refractivity contribution in [3.8, 4) is 11.3 Å². The Morgan fingerprint density at radius 2 is 1.91 bits per heavy atom. The topological polar surface area (TPSA) is 142 Å². The van der Waals surface area contributed by atoms with Crippen LogP contribution < -0.4 is 10.0 Å². The Morgan fingerprint density at radius 3 is 2.60 bits per heavy atom. The molecule has 0 aliphatic heterocycles. The molecular weight excluding hydrogens is 468 g/mol. The van der Waals surface area contributed by atoms with Crippen molar-refractivity contribution in [2.75, 3.05) is 18.4 Å². The van der Waals surface area contributed by atoms with Crippen LogP contribution in [0.3, 0.4) is 0 Å². The van der Waals surface area contributed by atoms with E-state index in [4.69, 9.17) is 15.2 Å². The van der Waals surface area contributed by atoms with Gasteiger partial charge in [-0.2, -0.15) is 10.1 Å². The van der Waals surface area contributed by atoms with Crippen molar-refractivity contribution in [1.82, 2.24) is 24.5 Å². The molecule has 35 heavy (non-hydrogen) atoms. The molecule has 4 rings (SSSR count). The maximum atomic E-state index is 12.4. The number of fused-ring (bicyclic) bond motifs is 1. The normalized spacial score (nSPS) is 19.0. The van der Waals surface area contributed by atoms with Crippen LogP contribution in [-0.4, -0.2) is 59.3 Å². The smallest absolute Gasteiger partial charge is 0.304 e. The molecule has 0 saturated heterocycles. The van der Waals surface area contributed by atoms with E-state index in [1.807, 2.05) is 16.8 Å². The predicted molar refractivity (Wildman–Crippen MR) is 134 cm³/mol. The van der Waals surface area contributed by atoms with E-state index in [1.165, 1.54) is 0 Å². The summed E-state index contributed by atoms with van der Waals surface area (Å²) in [5, 5.41) is 27.8. The van der Waals surface area contributed by atoms with Gasteiger partial charge in [0.15, 0.2) is 5.65 Å². The van der Waals surface area contributed by atoms with Crippen molar-refractivity contribution in [2.24, 2.45) is 0 Å². The molecule has 1 aliphatic rings. The van der Waals surface area contributed by atoms with Crippen molar-refractivity contribution in [3.05, 3.63) is 30.5 Å². The highest BCUT2D eigenvalue weighted by molar-refractivity contribution is 7.83. The first kappa shape index (κ1) is 25.2. The molecule has 0 amide bonds. The second-order valence-electron chi connectivity index (χ2n) is 8.80. The molecule has 1 saturated carbocycles. The van der Waals surface area contributed by atoms with Crippen molar-refractivity contribution < 1.29 is 19.2 Å². The Morgan fingerprint density at radius 1 is 1.17 bits per heavy atom. The SMILES string of the molecule is CCCCNc1ncc2c(-c3ccc(S(=O)NCCC(=O)O)cc3)nn(C3CCC(O)CC3)c2n1. The number of aromatic nitrogens is 4. The minimum absolute atomic E-state index is 0.0965. The number of aliphatic hydroxyl groups excluding tert-OH is 1. The van der Waals surface area contributed by atoms with Gasteiger partial charge in [0.05, 0.1) is 28.8 Å². The molecule has 2 aromatic heterocycles. The molecule has 0 bridgehead atoms. The van der Waals surface area contributed by atoms with Crippen LogP contribution in [0.4, 0.5) is 5.95 Å². The molecule has 1 fully saturated rings. The third kappa shape index (κ3) is 6.22. The molecule has 2 heterocycles. The lowest BCUT2D eigenvalue weighted by Crippen LogP contribution is -2.22. The highest BCUT2D eigenvalue weighted by Crippen LogP contribution is 2.34. The number of anilines is 1. The largest absolute Gasteiger partial charge is 0.481 e. The zero-order chi connectivity index (χ0) is 24.8. The van der Waals surface area contributed by atoms with E-state index < -0.39 is 17.0 Å². The quantitative estimate of drug-likeness (QED) is 0.294. The van der Waals surface area contributed by atoms with Gasteiger partial charge in [-0.3, -0.25) is 4.79 Å². The first-order valence-electron chi connectivity index (χ1n) is 12.1. The number of rotatable bonds is 11. The van der Waals surface area contributed by atoms with Crippen molar-refractivity contribution in [2.45, 2.75) is 68.9 Å². The van der Waals surface area contributed by atoms with Crippen LogP contribution >= 0.6 is 0 Å². The van der Waals surface area contributed by atoms with Crippen LogP contribution in [0.25, 0.3) is 22.3 Å². The van der Waals surface area contributed by atoms with Gasteiger partial charge in [0.25, 0.3) is 0 Å². The summed E-state index contributed by atoms with van der Waals surface area (Å²) in [5.74, 6) is -0.363. The van der Waals surface area contributed by atoms with E-state index in [9.17, 15) is 14.1 Å². The number of aliphatic hydroxyl groups is 1. The van der Waals surface area contributed by atoms with Crippen molar-refractivity contribution >= 4 is 33.9 Å². The van der Waals surface area contributed by atoms with E-state index in [2.05, 4.69) is 21.9 Å². The molecule has 3 aromatic rings. The van der Waals surface area contributed by atoms with E-state index in [1.54, 1.807) is 18.3 Å². The summed E-state index contributed by atoms with van der Waals surface area (Å²) in [5.41, 5.74) is 2.37. The van der Waals surface area contributed by atoms with Crippen LogP contribution in [0.1, 0.15) is 57.9 Å². The van der Waals surface area contributed by atoms with Crippen LogP contribution in [0.5, 0.6) is 0 Å². The maximum absolute atomic E-state index is 12.4. The first-order valence-corrected chi connectivity index (χ1v) is 13.3. The van der Waals surface area contributed by atoms with E-state index in [-0.39, 0.29) is 25.1 Å². The van der Waals surface area contributed by atoms with Gasteiger partial charge in [-0.25, -0.2) is 18.6 Å². The number of carboxylic acids is 1. The molecule has 1 aliphatic carbocycles. The number of unbranched alkanes of at least 4 members (excludes halogenated alkanes) is 1. The number of carboxylic acid groups (broad SMARTS) is 1. The summed E-state index contributed by atoms with van der Waals surface area (Å²) in [6, 6.07) is 7.37. The van der Waals surface area contributed by atoms with E-state index in [0.717, 1.165) is 67.4 Å². The molecule has 0 radical (unpaired) electrons. The molecule has 0 spiro atoms. The van der Waals surface area contributed by atoms with Crippen LogP contribution in [0.15, 0.2) is 35.4 Å². The first-order chi connectivity index (χ1) is 17.0. The number of hydrogen-bond acceptors (Lipinski definition) is 7. The molecule has 1 unspecified atom stereocenters. The second-order valence-corrected chi connectivity index (χ2v) is 10.1. The third-order valence-corrected chi connectivity index (χ3v) is 7.35. The van der Waals surface area contributed by atoms with Gasteiger partial charge >= 0.3 is 5.97 Å². The second kappa shape index (κ2) is 11.7. The van der Waals surface area contributed by atoms with Gasteiger partial charge in [-0.1, -0.05) is 25.5 Å². The molecule has 1 atom stereocenters. The van der Waals surface area contributed by atoms with Crippen LogP contribution in [-0.2, 0) is 15.8 Å². The number of aliphatic carboxylic acids is 1. The lowest BCUT2D eigenvalue weighted by atomic mass is 9.93. The summed E-state index contributed by atoms with van der Waals surface area (Å²) in [6.45, 7) is 3.07. The fraction of sp³-hybridized carbons (Fsp3) is 0.500. The molecule has 10 nitrogen and oxygen atoms in total. The third-order valence-electron chi connectivity index (χ3n) is 6.19. The predicted octanol–water partition coefficient (Wildman–Crippen LogP) is 3.27. The van der Waals surface area contributed by atoms with Crippen molar-refractivity contribution in [1.29, 1.82) is 0 Å². The van der Waals surface area contributed by atoms with Gasteiger partial charge in [0.1, 0.15) is 16.7 Å². The Bertz CT molecular complexity index is 1170. The average Bonchev–Trinajstić information content (AvgIpc) is 3.23. The molecular formula is C24H32N6O4S. The fourth-order valence-electron chi connectivity index (χ4n) is 4.23. The van der Waals surface area contributed by atoms with E-state index >= 15 is 0 Å². The standard InChI is InChI=1S/C24H32N6O4S/c1-2-3-13-25-24-26-15-20-22(29-30(23(20)28-24)17-6-8-18(31)9-7-17)16-4-10-19(11-5-16)35(34)27-14-12-21(32)33/h4-5,10-11,15,17-18,27,31H,2-3,6-9,12-14H2,1H3,(H,32,33)(H,25,26,28). The molecule has 11 heteroatoms. The van der Waals surface area contributed by atoms with Gasteiger partial charge < -0.3 is 15.5 Å². The number of nitrogens with zero attached hydrogens (tertiary/aromatic N) is 4. The van der Waals surface area contributed by atoms with Gasteiger partial charge in [-0.05, 0) is 44.2 Å². The zero-order valence-corrected chi connectivity index (χ0v) is 20.6. The summed E-state index contributed by atoms with van der Waals surface area (Å²) in [4.78, 5) is 20.5. The maximum Gasteiger partial charge on any atom is 0.304 e. The fourth-order valence-corrected chi connectivity index (χ4v) is 5.06. The average molecular weight is 501 g/mol. The van der Waals surface area contributed by atoms with Gasteiger partial charge in [0, 0.05) is 24.8 Å². The number of nitrogens with one attached hydrogen (secondary N) is 2. The molecule has 1 aromatic carbocycles. The van der Waals surface area contributed by atoms with Crippen LogP contribution in [0, 0.1) is 0 Å². The van der Waals surface area contributed by atoms with E-state index in [0.29, 0.717) is 10.8 Å². The van der Waals surface area contributed by atoms with Crippen molar-refractivity contribution in [3.63, 3.8) is 0 Å². The Labute approximate surface area is 206 Å². The number of hydrogen-bond donors (Lipinski definition) is 4. The highest BCUT2D eigenvalue weighted by atomic mass is 32.2. The lowest BCUT2D eigenvalue weighted by molar-refractivity contribution is -0.136. The summed E-state index contributed by atoms with van der Waals surface area (Å²) < 4.78 is 17.1. The summed E-state index contributed by atoms with van der Waals surface area (Å²) >= 11 is 0. The van der Waals surface area contributed by atoms with Gasteiger partial charge in [-0.15, -0.1) is 0 Å². The lowest BCUT2D eigenvalue weighted by Gasteiger charge is -2.25. The Hall–Kier alpha value is -2.89. The molecule has 188 valence electrons. The summed E-state index contributed by atoms with van der Waals surface area (Å²) in [7, 11) is -1.50. The Balaban J connectivity index is 1.62. The Kier molecular flexibility index (Phi) is 8.42. The zero-order valence-electron chi connectivity index (χ0n) is 19.8. The minimum Gasteiger partial charge on any atom is -0.481 e. The van der Waals surface area contributed by atoms with Gasteiger partial charge in [0.2, 0.25) is 5.95 Å².